The maximum Gasteiger partial charge on any atom is 0.408 e. The van der Waals surface area contributed by atoms with Crippen molar-refractivity contribution in [3.63, 3.8) is 0 Å². The molecule has 35 heavy (non-hydrogen) atoms. The summed E-state index contributed by atoms with van der Waals surface area (Å²) in [6, 6.07) is 16.3. The van der Waals surface area contributed by atoms with E-state index < -0.39 is 23.5 Å². The number of carboxylic acid groups (broad SMARTS) is 1. The van der Waals surface area contributed by atoms with E-state index in [1.54, 1.807) is 6.92 Å². The van der Waals surface area contributed by atoms with Crippen LogP contribution in [0.4, 0.5) is 4.79 Å². The molecule has 2 aliphatic carbocycles. The van der Waals surface area contributed by atoms with Gasteiger partial charge in [0, 0.05) is 12.5 Å². The lowest BCUT2D eigenvalue weighted by molar-refractivity contribution is -0.141. The minimum absolute atomic E-state index is 0.0271. The number of carbonyl (C=O) groups excluding carboxylic acids is 2. The molecule has 184 valence electrons. The van der Waals surface area contributed by atoms with Crippen molar-refractivity contribution in [2.75, 3.05) is 19.8 Å². The smallest absolute Gasteiger partial charge is 0.408 e. The summed E-state index contributed by atoms with van der Waals surface area (Å²) in [6.45, 7) is 2.25. The highest BCUT2D eigenvalue weighted by atomic mass is 16.5. The third-order valence-electron chi connectivity index (χ3n) is 7.49. The number of amides is 2. The number of aliphatic carboxylic acids is 1. The summed E-state index contributed by atoms with van der Waals surface area (Å²) in [5.41, 5.74) is 3.45. The third kappa shape index (κ3) is 4.62. The number of carbonyl (C=O) groups is 3. The van der Waals surface area contributed by atoms with Crippen LogP contribution in [0.3, 0.4) is 0 Å². The predicted octanol–water partition coefficient (Wildman–Crippen LogP) is 3.30. The molecule has 2 amide bonds. The second-order valence-corrected chi connectivity index (χ2v) is 9.86. The molecule has 2 aromatic carbocycles. The number of alkyl carbamates (subject to hydrolysis) is 1. The summed E-state index contributed by atoms with van der Waals surface area (Å²) in [7, 11) is 0. The Kier molecular flexibility index (Phi) is 6.23. The van der Waals surface area contributed by atoms with Crippen LogP contribution in [0, 0.1) is 11.8 Å². The highest BCUT2D eigenvalue weighted by molar-refractivity contribution is 5.90. The highest BCUT2D eigenvalue weighted by Crippen LogP contribution is 2.44. The first kappa shape index (κ1) is 23.4. The molecular weight excluding hydrogens is 448 g/mol. The fraction of sp³-hybridized carbons (Fsp3) is 0.444. The van der Waals surface area contributed by atoms with E-state index in [4.69, 9.17) is 14.6 Å². The molecule has 1 aliphatic heterocycles. The molecule has 2 fully saturated rings. The van der Waals surface area contributed by atoms with Crippen LogP contribution >= 0.6 is 0 Å². The Morgan fingerprint density at radius 2 is 1.69 bits per heavy atom. The van der Waals surface area contributed by atoms with Crippen molar-refractivity contribution in [2.24, 2.45) is 11.8 Å². The molecule has 0 spiro atoms. The van der Waals surface area contributed by atoms with E-state index in [1.807, 2.05) is 24.3 Å². The summed E-state index contributed by atoms with van der Waals surface area (Å²) in [5.74, 6) is -1.78. The van der Waals surface area contributed by atoms with Crippen molar-refractivity contribution < 1.29 is 29.0 Å². The van der Waals surface area contributed by atoms with Gasteiger partial charge in [-0.3, -0.25) is 9.59 Å². The maximum absolute atomic E-state index is 13.1. The number of hydrogen-bond donors (Lipinski definition) is 3. The number of fused-ring (bicyclic) bond motifs is 3. The highest BCUT2D eigenvalue weighted by Gasteiger charge is 2.49. The fourth-order valence-electron chi connectivity index (χ4n) is 5.26. The molecule has 2 aromatic rings. The summed E-state index contributed by atoms with van der Waals surface area (Å²) in [4.78, 5) is 37.1. The summed E-state index contributed by atoms with van der Waals surface area (Å²) < 4.78 is 11.2. The molecule has 5 rings (SSSR count). The van der Waals surface area contributed by atoms with Gasteiger partial charge in [0.1, 0.15) is 12.1 Å². The van der Waals surface area contributed by atoms with Gasteiger partial charge in [-0.2, -0.15) is 0 Å². The van der Waals surface area contributed by atoms with Gasteiger partial charge in [0.15, 0.2) is 0 Å². The number of carboxylic acids is 1. The molecule has 8 nitrogen and oxygen atoms in total. The molecule has 3 atom stereocenters. The minimum atomic E-state index is -1.10. The number of rotatable bonds is 8. The summed E-state index contributed by atoms with van der Waals surface area (Å²) >= 11 is 0. The third-order valence-corrected chi connectivity index (χ3v) is 7.49. The van der Waals surface area contributed by atoms with Crippen molar-refractivity contribution in [3.05, 3.63) is 59.7 Å². The van der Waals surface area contributed by atoms with Gasteiger partial charge in [-0.05, 0) is 54.4 Å². The second-order valence-electron chi connectivity index (χ2n) is 9.86. The van der Waals surface area contributed by atoms with Crippen molar-refractivity contribution in [3.8, 4) is 11.1 Å². The number of benzene rings is 2. The molecule has 0 aromatic heterocycles. The van der Waals surface area contributed by atoms with Crippen LogP contribution in [0.1, 0.15) is 43.2 Å². The van der Waals surface area contributed by atoms with E-state index >= 15 is 0 Å². The molecule has 1 unspecified atom stereocenters. The van der Waals surface area contributed by atoms with E-state index in [2.05, 4.69) is 34.9 Å². The molecular formula is C27H30N2O6. The monoisotopic (exact) mass is 478 g/mol. The van der Waals surface area contributed by atoms with E-state index in [9.17, 15) is 14.4 Å². The zero-order valence-electron chi connectivity index (χ0n) is 19.7. The van der Waals surface area contributed by atoms with E-state index in [0.717, 1.165) is 35.1 Å². The first-order chi connectivity index (χ1) is 16.9. The van der Waals surface area contributed by atoms with Gasteiger partial charge in [-0.15, -0.1) is 0 Å². The first-order valence-electron chi connectivity index (χ1n) is 12.1. The average Bonchev–Trinajstić information content (AvgIpc) is 3.53. The Morgan fingerprint density at radius 3 is 2.26 bits per heavy atom. The van der Waals surface area contributed by atoms with Crippen LogP contribution in [0.5, 0.6) is 0 Å². The Labute approximate surface area is 204 Å². The van der Waals surface area contributed by atoms with E-state index in [-0.39, 0.29) is 43.6 Å². The summed E-state index contributed by atoms with van der Waals surface area (Å²) in [5, 5.41) is 14.8. The van der Waals surface area contributed by atoms with Crippen molar-refractivity contribution in [2.45, 2.75) is 43.7 Å². The zero-order chi connectivity index (χ0) is 24.6. The topological polar surface area (TPSA) is 114 Å². The minimum Gasteiger partial charge on any atom is -0.481 e. The zero-order valence-corrected chi connectivity index (χ0v) is 19.7. The lowest BCUT2D eigenvalue weighted by Gasteiger charge is -2.30. The van der Waals surface area contributed by atoms with Gasteiger partial charge in [-0.1, -0.05) is 48.5 Å². The van der Waals surface area contributed by atoms with Crippen LogP contribution < -0.4 is 10.6 Å². The predicted molar refractivity (Wildman–Crippen MR) is 128 cm³/mol. The molecule has 3 N–H and O–H groups in total. The lowest BCUT2D eigenvalue weighted by Crippen LogP contribution is -2.59. The molecule has 0 bridgehead atoms. The molecule has 0 radical (unpaired) electrons. The van der Waals surface area contributed by atoms with Gasteiger partial charge in [0.2, 0.25) is 5.91 Å². The second kappa shape index (κ2) is 9.34. The van der Waals surface area contributed by atoms with Crippen molar-refractivity contribution in [1.82, 2.24) is 10.6 Å². The Morgan fingerprint density at radius 1 is 1.06 bits per heavy atom. The molecule has 1 saturated heterocycles. The Hall–Kier alpha value is -3.39. The molecule has 8 heteroatoms. The fourth-order valence-corrected chi connectivity index (χ4v) is 5.26. The van der Waals surface area contributed by atoms with Crippen LogP contribution in [-0.4, -0.2) is 54.5 Å². The van der Waals surface area contributed by atoms with E-state index in [1.165, 1.54) is 0 Å². The quantitative estimate of drug-likeness (QED) is 0.537. The normalized spacial score (nSPS) is 22.5. The van der Waals surface area contributed by atoms with Crippen LogP contribution in [0.2, 0.25) is 0 Å². The van der Waals surface area contributed by atoms with Crippen LogP contribution in [-0.2, 0) is 19.1 Å². The van der Waals surface area contributed by atoms with E-state index in [0.29, 0.717) is 6.42 Å². The number of ether oxygens (including phenoxy) is 2. The van der Waals surface area contributed by atoms with Gasteiger partial charge in [0.25, 0.3) is 0 Å². The number of hydrogen-bond acceptors (Lipinski definition) is 5. The maximum atomic E-state index is 13.1. The van der Waals surface area contributed by atoms with Crippen molar-refractivity contribution >= 4 is 18.0 Å². The standard InChI is InChI=1S/C27H30N2O6/c1-27(17-10-11-17,25(32)28-13-18-12-16(14-34-18)24(30)31)29-26(33)35-15-23-21-8-4-2-6-19(21)20-7-3-5-9-22(20)23/h2-9,16-18,23H,10-15H2,1H3,(H,28,32)(H,29,33)(H,30,31)/t16-,18-,27?/m0/s1. The van der Waals surface area contributed by atoms with Gasteiger partial charge in [0.05, 0.1) is 18.6 Å². The van der Waals surface area contributed by atoms with Gasteiger partial charge in [-0.25, -0.2) is 4.79 Å². The van der Waals surface area contributed by atoms with Crippen LogP contribution in [0.25, 0.3) is 11.1 Å². The van der Waals surface area contributed by atoms with Crippen LogP contribution in [0.15, 0.2) is 48.5 Å². The SMILES string of the molecule is CC(NC(=O)OCC1c2ccccc2-c2ccccc21)(C(=O)NC[C@@H]1C[C@H](C(=O)O)CO1)C1CC1. The molecule has 3 aliphatic rings. The lowest BCUT2D eigenvalue weighted by atomic mass is 9.94. The van der Waals surface area contributed by atoms with Crippen molar-refractivity contribution in [1.29, 1.82) is 0 Å². The number of nitrogens with one attached hydrogen (secondary N) is 2. The van der Waals surface area contributed by atoms with Gasteiger partial charge >= 0.3 is 12.1 Å². The summed E-state index contributed by atoms with van der Waals surface area (Å²) in [6.07, 6.45) is 1.07. The molecule has 1 heterocycles. The Bertz CT molecular complexity index is 1100. The Balaban J connectivity index is 1.20. The largest absolute Gasteiger partial charge is 0.481 e. The average molecular weight is 479 g/mol. The molecule has 1 saturated carbocycles. The van der Waals surface area contributed by atoms with Gasteiger partial charge < -0.3 is 25.2 Å². The first-order valence-corrected chi connectivity index (χ1v) is 12.1.